The SMILES string of the molecule is C[C@@H]1CCc2sc(-c3nnc(SCC(=O)N4C[C@@H](C)O[C@H](C)C4)o3)cc2C1. The number of thioether (sulfide) groups is 1. The number of morpholine rings is 1. The molecule has 2 aliphatic rings. The number of rotatable bonds is 4. The molecular weight excluding hydrogens is 382 g/mol. The molecule has 1 amide bonds. The van der Waals surface area contributed by atoms with Crippen molar-refractivity contribution in [2.45, 2.75) is 57.5 Å². The Morgan fingerprint density at radius 1 is 1.30 bits per heavy atom. The molecular formula is C19H25N3O3S2. The van der Waals surface area contributed by atoms with Crippen LogP contribution in [0.2, 0.25) is 0 Å². The minimum Gasteiger partial charge on any atom is -0.410 e. The van der Waals surface area contributed by atoms with Gasteiger partial charge in [0.05, 0.1) is 22.8 Å². The summed E-state index contributed by atoms with van der Waals surface area (Å²) in [5.74, 6) is 1.69. The van der Waals surface area contributed by atoms with Crippen molar-refractivity contribution in [1.82, 2.24) is 15.1 Å². The van der Waals surface area contributed by atoms with Crippen LogP contribution < -0.4 is 0 Å². The van der Waals surface area contributed by atoms with Gasteiger partial charge in [0, 0.05) is 18.0 Å². The summed E-state index contributed by atoms with van der Waals surface area (Å²) in [7, 11) is 0. The number of hydrogen-bond acceptors (Lipinski definition) is 7. The zero-order valence-electron chi connectivity index (χ0n) is 15.9. The lowest BCUT2D eigenvalue weighted by atomic mass is 9.90. The number of carbonyl (C=O) groups is 1. The van der Waals surface area contributed by atoms with E-state index in [1.54, 1.807) is 11.3 Å². The molecule has 0 saturated carbocycles. The predicted molar refractivity (Wildman–Crippen MR) is 106 cm³/mol. The van der Waals surface area contributed by atoms with E-state index in [-0.39, 0.29) is 18.1 Å². The molecule has 0 bridgehead atoms. The Kier molecular flexibility index (Phi) is 5.57. The molecule has 8 heteroatoms. The summed E-state index contributed by atoms with van der Waals surface area (Å²) >= 11 is 3.06. The van der Waals surface area contributed by atoms with Crippen LogP contribution in [0.4, 0.5) is 0 Å². The van der Waals surface area contributed by atoms with E-state index in [1.807, 2.05) is 18.7 Å². The zero-order valence-corrected chi connectivity index (χ0v) is 17.6. The molecule has 1 aliphatic heterocycles. The van der Waals surface area contributed by atoms with Crippen molar-refractivity contribution in [2.24, 2.45) is 5.92 Å². The molecule has 0 aromatic carbocycles. The van der Waals surface area contributed by atoms with Crippen molar-refractivity contribution in [3.63, 3.8) is 0 Å². The van der Waals surface area contributed by atoms with Crippen LogP contribution in [0.15, 0.2) is 15.7 Å². The Morgan fingerprint density at radius 2 is 2.07 bits per heavy atom. The van der Waals surface area contributed by atoms with E-state index in [2.05, 4.69) is 23.2 Å². The number of ether oxygens (including phenoxy) is 1. The fraction of sp³-hybridized carbons (Fsp3) is 0.632. The Labute approximate surface area is 167 Å². The molecule has 4 rings (SSSR count). The molecule has 2 aromatic rings. The van der Waals surface area contributed by atoms with Crippen LogP contribution >= 0.6 is 23.1 Å². The molecule has 3 atom stereocenters. The fourth-order valence-corrected chi connectivity index (χ4v) is 5.57. The van der Waals surface area contributed by atoms with Gasteiger partial charge in [0.25, 0.3) is 11.1 Å². The lowest BCUT2D eigenvalue weighted by Gasteiger charge is -2.35. The highest BCUT2D eigenvalue weighted by molar-refractivity contribution is 7.99. The zero-order chi connectivity index (χ0) is 19.0. The molecule has 1 aliphatic carbocycles. The van der Waals surface area contributed by atoms with Crippen molar-refractivity contribution in [2.75, 3.05) is 18.8 Å². The summed E-state index contributed by atoms with van der Waals surface area (Å²) in [4.78, 5) is 16.8. The average Bonchev–Trinajstić information content (AvgIpc) is 3.24. The Balaban J connectivity index is 1.37. The summed E-state index contributed by atoms with van der Waals surface area (Å²) in [6.07, 6.45) is 3.67. The number of carbonyl (C=O) groups excluding carboxylic acids is 1. The van der Waals surface area contributed by atoms with E-state index in [1.165, 1.54) is 28.6 Å². The molecule has 2 aromatic heterocycles. The van der Waals surface area contributed by atoms with Gasteiger partial charge >= 0.3 is 0 Å². The number of hydrogen-bond donors (Lipinski definition) is 0. The van der Waals surface area contributed by atoms with E-state index in [9.17, 15) is 4.79 Å². The number of aromatic nitrogens is 2. The quantitative estimate of drug-likeness (QED) is 0.721. The normalized spacial score (nSPS) is 25.4. The first-order valence-electron chi connectivity index (χ1n) is 9.49. The molecule has 0 unspecified atom stereocenters. The standard InChI is InChI=1S/C19H25N3O3S2/c1-11-4-5-15-14(6-11)7-16(27-15)18-20-21-19(25-18)26-10-17(23)22-8-12(2)24-13(3)9-22/h7,11-13H,4-6,8-10H2,1-3H3/t11-,12-,13-/m1/s1. The first-order chi connectivity index (χ1) is 13.0. The van der Waals surface area contributed by atoms with Crippen LogP contribution in [-0.4, -0.2) is 52.1 Å². The highest BCUT2D eigenvalue weighted by Crippen LogP contribution is 2.37. The third-order valence-corrected chi connectivity index (χ3v) is 7.07. The van der Waals surface area contributed by atoms with Gasteiger partial charge in [-0.3, -0.25) is 4.79 Å². The van der Waals surface area contributed by atoms with Gasteiger partial charge in [0.1, 0.15) is 0 Å². The maximum Gasteiger partial charge on any atom is 0.277 e. The summed E-state index contributed by atoms with van der Waals surface area (Å²) in [6.45, 7) is 7.56. The summed E-state index contributed by atoms with van der Waals surface area (Å²) in [6, 6.07) is 2.19. The highest BCUT2D eigenvalue weighted by atomic mass is 32.2. The predicted octanol–water partition coefficient (Wildman–Crippen LogP) is 3.65. The first kappa shape index (κ1) is 19.0. The van der Waals surface area contributed by atoms with Gasteiger partial charge in [0.15, 0.2) is 0 Å². The van der Waals surface area contributed by atoms with Crippen LogP contribution in [0.1, 0.15) is 37.6 Å². The second-order valence-corrected chi connectivity index (χ2v) is 9.69. The maximum absolute atomic E-state index is 12.5. The van der Waals surface area contributed by atoms with E-state index < -0.39 is 0 Å². The van der Waals surface area contributed by atoms with E-state index in [0.717, 1.165) is 23.6 Å². The lowest BCUT2D eigenvalue weighted by molar-refractivity contribution is -0.140. The fourth-order valence-electron chi connectivity index (χ4n) is 3.78. The van der Waals surface area contributed by atoms with Crippen LogP contribution in [-0.2, 0) is 22.4 Å². The van der Waals surface area contributed by atoms with Gasteiger partial charge in [-0.2, -0.15) is 0 Å². The maximum atomic E-state index is 12.5. The van der Waals surface area contributed by atoms with E-state index >= 15 is 0 Å². The minimum atomic E-state index is 0.0743. The molecule has 6 nitrogen and oxygen atoms in total. The topological polar surface area (TPSA) is 68.5 Å². The Hall–Kier alpha value is -1.38. The van der Waals surface area contributed by atoms with Crippen LogP contribution in [0.5, 0.6) is 0 Å². The number of thiophene rings is 1. The third kappa shape index (κ3) is 4.38. The second kappa shape index (κ2) is 7.93. The monoisotopic (exact) mass is 407 g/mol. The molecule has 3 heterocycles. The van der Waals surface area contributed by atoms with Gasteiger partial charge in [-0.1, -0.05) is 18.7 Å². The number of nitrogens with zero attached hydrogens (tertiary/aromatic N) is 3. The lowest BCUT2D eigenvalue weighted by Crippen LogP contribution is -2.48. The highest BCUT2D eigenvalue weighted by Gasteiger charge is 2.26. The Morgan fingerprint density at radius 3 is 2.85 bits per heavy atom. The number of amides is 1. The van der Waals surface area contributed by atoms with Gasteiger partial charge in [-0.05, 0) is 50.7 Å². The molecule has 0 N–H and O–H groups in total. The van der Waals surface area contributed by atoms with Gasteiger partial charge in [0.2, 0.25) is 5.91 Å². The molecule has 1 saturated heterocycles. The number of aryl methyl sites for hydroxylation is 1. The first-order valence-corrected chi connectivity index (χ1v) is 11.3. The van der Waals surface area contributed by atoms with Crippen molar-refractivity contribution >= 4 is 29.0 Å². The van der Waals surface area contributed by atoms with Crippen LogP contribution in [0.3, 0.4) is 0 Å². The molecule has 0 radical (unpaired) electrons. The smallest absolute Gasteiger partial charge is 0.277 e. The van der Waals surface area contributed by atoms with Crippen molar-refractivity contribution in [1.29, 1.82) is 0 Å². The third-order valence-electron chi connectivity index (χ3n) is 5.04. The van der Waals surface area contributed by atoms with Gasteiger partial charge in [-0.25, -0.2) is 0 Å². The van der Waals surface area contributed by atoms with Crippen molar-refractivity contribution in [3.8, 4) is 10.8 Å². The minimum absolute atomic E-state index is 0.0743. The van der Waals surface area contributed by atoms with Crippen molar-refractivity contribution < 1.29 is 13.9 Å². The largest absolute Gasteiger partial charge is 0.410 e. The average molecular weight is 408 g/mol. The van der Waals surface area contributed by atoms with Crippen molar-refractivity contribution in [3.05, 3.63) is 16.5 Å². The summed E-state index contributed by atoms with van der Waals surface area (Å²) in [5.41, 5.74) is 1.42. The molecule has 0 spiro atoms. The Bertz CT molecular complexity index is 809. The van der Waals surface area contributed by atoms with Crippen LogP contribution in [0.25, 0.3) is 10.8 Å². The second-order valence-electron chi connectivity index (χ2n) is 7.62. The van der Waals surface area contributed by atoms with Gasteiger partial charge in [-0.15, -0.1) is 21.5 Å². The van der Waals surface area contributed by atoms with E-state index in [0.29, 0.717) is 30.0 Å². The number of fused-ring (bicyclic) bond motifs is 1. The molecule has 27 heavy (non-hydrogen) atoms. The molecule has 1 fully saturated rings. The van der Waals surface area contributed by atoms with E-state index in [4.69, 9.17) is 9.15 Å². The molecule has 146 valence electrons. The van der Waals surface area contributed by atoms with Gasteiger partial charge < -0.3 is 14.1 Å². The van der Waals surface area contributed by atoms with Crippen LogP contribution in [0, 0.1) is 5.92 Å². The summed E-state index contributed by atoms with van der Waals surface area (Å²) < 4.78 is 11.5. The summed E-state index contributed by atoms with van der Waals surface area (Å²) in [5, 5.41) is 8.76.